The van der Waals surface area contributed by atoms with E-state index in [9.17, 15) is 13.2 Å². The summed E-state index contributed by atoms with van der Waals surface area (Å²) in [6.45, 7) is 5.51. The van der Waals surface area contributed by atoms with E-state index < -0.39 is 27.3 Å². The lowest BCUT2D eigenvalue weighted by Gasteiger charge is -2.36. The van der Waals surface area contributed by atoms with Gasteiger partial charge in [0.25, 0.3) is 0 Å². The quantitative estimate of drug-likeness (QED) is 0.829. The number of carboxylic acids is 1. The van der Waals surface area contributed by atoms with Crippen LogP contribution in [0.2, 0.25) is 0 Å². The van der Waals surface area contributed by atoms with E-state index in [-0.39, 0.29) is 0 Å². The van der Waals surface area contributed by atoms with Gasteiger partial charge in [0.05, 0.1) is 5.25 Å². The summed E-state index contributed by atoms with van der Waals surface area (Å²) in [6.07, 6.45) is 2.09. The molecule has 0 aromatic carbocycles. The van der Waals surface area contributed by atoms with Crippen LogP contribution in [0, 0.1) is 5.92 Å². The molecule has 0 aliphatic carbocycles. The van der Waals surface area contributed by atoms with Crippen LogP contribution in [0.3, 0.4) is 0 Å². The van der Waals surface area contributed by atoms with Crippen LogP contribution < -0.4 is 0 Å². The Morgan fingerprint density at radius 3 is 2.47 bits per heavy atom. The molecule has 0 aromatic heterocycles. The topological polar surface area (TPSA) is 74.7 Å². The third-order valence-electron chi connectivity index (χ3n) is 3.45. The largest absolute Gasteiger partial charge is 0.480 e. The van der Waals surface area contributed by atoms with Crippen LogP contribution >= 0.6 is 0 Å². The highest BCUT2D eigenvalue weighted by molar-refractivity contribution is 7.89. The predicted octanol–water partition coefficient (Wildman–Crippen LogP) is 1.30. The molecule has 1 aliphatic heterocycles. The number of rotatable bonds is 4. The first-order valence-corrected chi connectivity index (χ1v) is 7.54. The Hall–Kier alpha value is -0.620. The number of aliphatic carboxylic acids is 1. The molecule has 5 nitrogen and oxygen atoms in total. The van der Waals surface area contributed by atoms with Crippen LogP contribution in [-0.4, -0.2) is 41.6 Å². The maximum atomic E-state index is 12.1. The van der Waals surface area contributed by atoms with Crippen molar-refractivity contribution in [3.63, 3.8) is 0 Å². The number of carbonyl (C=O) groups is 1. The molecule has 0 aromatic rings. The molecular formula is C11H21NO4S. The van der Waals surface area contributed by atoms with Crippen molar-refractivity contribution in [3.05, 3.63) is 0 Å². The van der Waals surface area contributed by atoms with Gasteiger partial charge in [-0.3, -0.25) is 4.79 Å². The second-order valence-electron chi connectivity index (χ2n) is 4.86. The van der Waals surface area contributed by atoms with E-state index in [0.29, 0.717) is 18.9 Å². The zero-order valence-electron chi connectivity index (χ0n) is 10.6. The standard InChI is InChI=1S/C11H21NO4S/c1-4-9-5-6-12(10(7-9)11(13)14)17(15,16)8(2)3/h8-10H,4-7H2,1-3H3,(H,13,14). The molecular weight excluding hydrogens is 242 g/mol. The predicted molar refractivity (Wildman–Crippen MR) is 65.2 cm³/mol. The number of hydrogen-bond donors (Lipinski definition) is 1. The third-order valence-corrected chi connectivity index (χ3v) is 5.73. The van der Waals surface area contributed by atoms with Gasteiger partial charge in [-0.15, -0.1) is 0 Å². The summed E-state index contributed by atoms with van der Waals surface area (Å²) in [5.41, 5.74) is 0. The maximum Gasteiger partial charge on any atom is 0.322 e. The molecule has 100 valence electrons. The second-order valence-corrected chi connectivity index (χ2v) is 7.30. The molecule has 1 heterocycles. The summed E-state index contributed by atoms with van der Waals surface area (Å²) in [6, 6.07) is -0.888. The highest BCUT2D eigenvalue weighted by atomic mass is 32.2. The zero-order chi connectivity index (χ0) is 13.2. The highest BCUT2D eigenvalue weighted by Crippen LogP contribution is 2.28. The minimum Gasteiger partial charge on any atom is -0.480 e. The van der Waals surface area contributed by atoms with E-state index in [1.165, 1.54) is 4.31 Å². The molecule has 1 N–H and O–H groups in total. The first-order chi connectivity index (χ1) is 7.80. The van der Waals surface area contributed by atoms with Crippen LogP contribution in [0.4, 0.5) is 0 Å². The van der Waals surface area contributed by atoms with Crippen molar-refractivity contribution < 1.29 is 18.3 Å². The van der Waals surface area contributed by atoms with Crippen molar-refractivity contribution in [1.82, 2.24) is 4.31 Å². The van der Waals surface area contributed by atoms with Gasteiger partial charge in [0.2, 0.25) is 10.0 Å². The Balaban J connectivity index is 2.96. The highest BCUT2D eigenvalue weighted by Gasteiger charge is 2.40. The summed E-state index contributed by atoms with van der Waals surface area (Å²) in [5, 5.41) is 8.59. The lowest BCUT2D eigenvalue weighted by atomic mass is 9.90. The minimum atomic E-state index is -3.47. The van der Waals surface area contributed by atoms with Crippen molar-refractivity contribution >= 4 is 16.0 Å². The third kappa shape index (κ3) is 2.98. The average molecular weight is 263 g/mol. The summed E-state index contributed by atoms with van der Waals surface area (Å²) < 4.78 is 25.3. The molecule has 0 bridgehead atoms. The maximum absolute atomic E-state index is 12.1. The Labute approximate surface area is 103 Å². The van der Waals surface area contributed by atoms with E-state index >= 15 is 0 Å². The van der Waals surface area contributed by atoms with Crippen LogP contribution in [0.15, 0.2) is 0 Å². The lowest BCUT2D eigenvalue weighted by Crippen LogP contribution is -2.51. The molecule has 0 saturated carbocycles. The van der Waals surface area contributed by atoms with Crippen LogP contribution in [0.1, 0.15) is 40.0 Å². The molecule has 0 spiro atoms. The summed E-state index contributed by atoms with van der Waals surface area (Å²) in [4.78, 5) is 11.2. The molecule has 2 unspecified atom stereocenters. The number of hydrogen-bond acceptors (Lipinski definition) is 3. The minimum absolute atomic E-state index is 0.315. The fourth-order valence-corrected chi connectivity index (χ4v) is 3.62. The molecule has 17 heavy (non-hydrogen) atoms. The van der Waals surface area contributed by atoms with Gasteiger partial charge in [-0.25, -0.2) is 8.42 Å². The second kappa shape index (κ2) is 5.35. The van der Waals surface area contributed by atoms with E-state index in [4.69, 9.17) is 5.11 Å². The van der Waals surface area contributed by atoms with Crippen LogP contribution in [-0.2, 0) is 14.8 Å². The monoisotopic (exact) mass is 263 g/mol. The van der Waals surface area contributed by atoms with Gasteiger partial charge >= 0.3 is 5.97 Å². The van der Waals surface area contributed by atoms with Gasteiger partial charge in [-0.05, 0) is 32.6 Å². The number of piperidine rings is 1. The first kappa shape index (κ1) is 14.4. The zero-order valence-corrected chi connectivity index (χ0v) is 11.4. The SMILES string of the molecule is CCC1CCN(S(=O)(=O)C(C)C)C(C(=O)O)C1. The fraction of sp³-hybridized carbons (Fsp3) is 0.909. The lowest BCUT2D eigenvalue weighted by molar-refractivity contribution is -0.143. The van der Waals surface area contributed by atoms with Gasteiger partial charge in [0, 0.05) is 6.54 Å². The summed E-state index contributed by atoms with van der Waals surface area (Å²) in [7, 11) is -3.47. The summed E-state index contributed by atoms with van der Waals surface area (Å²) >= 11 is 0. The molecule has 1 rings (SSSR count). The first-order valence-electron chi connectivity index (χ1n) is 6.04. The van der Waals surface area contributed by atoms with Crippen molar-refractivity contribution in [2.75, 3.05) is 6.54 Å². The van der Waals surface area contributed by atoms with Crippen molar-refractivity contribution in [3.8, 4) is 0 Å². The van der Waals surface area contributed by atoms with E-state index in [1.807, 2.05) is 6.92 Å². The molecule has 1 saturated heterocycles. The molecule has 2 atom stereocenters. The van der Waals surface area contributed by atoms with Crippen molar-refractivity contribution in [2.45, 2.75) is 51.3 Å². The van der Waals surface area contributed by atoms with Gasteiger partial charge < -0.3 is 5.11 Å². The molecule has 0 radical (unpaired) electrons. The van der Waals surface area contributed by atoms with Gasteiger partial charge in [0.1, 0.15) is 6.04 Å². The van der Waals surface area contributed by atoms with Crippen molar-refractivity contribution in [1.29, 1.82) is 0 Å². The fourth-order valence-electron chi connectivity index (χ4n) is 2.19. The molecule has 1 aliphatic rings. The van der Waals surface area contributed by atoms with Crippen molar-refractivity contribution in [2.24, 2.45) is 5.92 Å². The smallest absolute Gasteiger partial charge is 0.322 e. The number of carboxylic acid groups (broad SMARTS) is 1. The molecule has 6 heteroatoms. The summed E-state index contributed by atoms with van der Waals surface area (Å²) in [5.74, 6) is -0.720. The molecule has 1 fully saturated rings. The normalized spacial score (nSPS) is 27.3. The Morgan fingerprint density at radius 1 is 1.47 bits per heavy atom. The van der Waals surface area contributed by atoms with Gasteiger partial charge in [-0.2, -0.15) is 4.31 Å². The Kier molecular flexibility index (Phi) is 4.55. The molecule has 0 amide bonds. The van der Waals surface area contributed by atoms with E-state index in [2.05, 4.69) is 0 Å². The number of sulfonamides is 1. The van der Waals surface area contributed by atoms with Gasteiger partial charge in [0.15, 0.2) is 0 Å². The Morgan fingerprint density at radius 2 is 2.06 bits per heavy atom. The van der Waals surface area contributed by atoms with Crippen LogP contribution in [0.25, 0.3) is 0 Å². The van der Waals surface area contributed by atoms with E-state index in [1.54, 1.807) is 13.8 Å². The number of nitrogens with zero attached hydrogens (tertiary/aromatic N) is 1. The van der Waals surface area contributed by atoms with Crippen LogP contribution in [0.5, 0.6) is 0 Å². The average Bonchev–Trinajstić information content (AvgIpc) is 2.27. The van der Waals surface area contributed by atoms with Gasteiger partial charge in [-0.1, -0.05) is 13.3 Å². The van der Waals surface area contributed by atoms with E-state index in [0.717, 1.165) is 12.8 Å². The Bertz CT molecular complexity index is 377.